The molecular weight excluding hydrogens is 488 g/mol. The summed E-state index contributed by atoms with van der Waals surface area (Å²) in [5, 5.41) is 0. The summed E-state index contributed by atoms with van der Waals surface area (Å²) in [5.41, 5.74) is 0.377. The molecule has 2 heterocycles. The van der Waals surface area contributed by atoms with Crippen LogP contribution < -0.4 is 0 Å². The van der Waals surface area contributed by atoms with Crippen molar-refractivity contribution in [3.8, 4) is 0 Å². The second kappa shape index (κ2) is 10.9. The standard InChI is InChI=1S/C33H54N2O4/c1-22(36)38-30-19-24-11-12-25-26(33(24,4)21-29(30)35-17-9-6-10-18-35)13-14-32(3)27(25)20-28(31(32)39-23(2)37)34-15-7-5-8-16-34/h24-31H,5-21H2,1-4H3/t24-,25+,26-,27-,28-,29-,30-,31-,32-,33-/m0/s1. The van der Waals surface area contributed by atoms with E-state index in [1.54, 1.807) is 13.8 Å². The first kappa shape index (κ1) is 28.0. The minimum Gasteiger partial charge on any atom is -0.461 e. The fourth-order valence-electron chi connectivity index (χ4n) is 11.2. The molecule has 10 atom stereocenters. The zero-order valence-electron chi connectivity index (χ0n) is 25.2. The predicted molar refractivity (Wildman–Crippen MR) is 152 cm³/mol. The van der Waals surface area contributed by atoms with E-state index in [9.17, 15) is 9.59 Å². The topological polar surface area (TPSA) is 59.1 Å². The van der Waals surface area contributed by atoms with Gasteiger partial charge in [-0.05, 0) is 126 Å². The number of hydrogen-bond acceptors (Lipinski definition) is 6. The molecule has 2 saturated heterocycles. The van der Waals surface area contributed by atoms with E-state index in [1.807, 2.05) is 0 Å². The van der Waals surface area contributed by atoms with Gasteiger partial charge >= 0.3 is 11.9 Å². The van der Waals surface area contributed by atoms with Gasteiger partial charge in [-0.1, -0.05) is 26.7 Å². The summed E-state index contributed by atoms with van der Waals surface area (Å²) < 4.78 is 12.3. The van der Waals surface area contributed by atoms with E-state index in [-0.39, 0.29) is 29.6 Å². The number of rotatable bonds is 4. The lowest BCUT2D eigenvalue weighted by molar-refractivity contribution is -0.180. The summed E-state index contributed by atoms with van der Waals surface area (Å²) in [6, 6.07) is 0.746. The Morgan fingerprint density at radius 2 is 1.31 bits per heavy atom. The number of piperidine rings is 2. The fourth-order valence-corrected chi connectivity index (χ4v) is 11.2. The lowest BCUT2D eigenvalue weighted by atomic mass is 9.44. The average molecular weight is 543 g/mol. The van der Waals surface area contributed by atoms with Crippen molar-refractivity contribution in [2.24, 2.45) is 34.5 Å². The maximum atomic E-state index is 12.4. The van der Waals surface area contributed by atoms with Gasteiger partial charge < -0.3 is 9.47 Å². The molecule has 0 amide bonds. The highest BCUT2D eigenvalue weighted by atomic mass is 16.5. The molecule has 0 bridgehead atoms. The number of carbonyl (C=O) groups excluding carboxylic acids is 2. The van der Waals surface area contributed by atoms with Crippen molar-refractivity contribution in [3.63, 3.8) is 0 Å². The maximum absolute atomic E-state index is 12.4. The average Bonchev–Trinajstić information content (AvgIpc) is 3.21. The van der Waals surface area contributed by atoms with E-state index in [1.165, 1.54) is 77.0 Å². The van der Waals surface area contributed by atoms with Crippen molar-refractivity contribution in [3.05, 3.63) is 0 Å². The number of fused-ring (bicyclic) bond motifs is 5. The van der Waals surface area contributed by atoms with Gasteiger partial charge in [0.1, 0.15) is 12.2 Å². The maximum Gasteiger partial charge on any atom is 0.302 e. The number of likely N-dealkylation sites (tertiary alicyclic amines) is 2. The normalized spacial score (nSPS) is 47.0. The Morgan fingerprint density at radius 1 is 0.692 bits per heavy atom. The predicted octanol–water partition coefficient (Wildman–Crippen LogP) is 5.82. The molecule has 0 N–H and O–H groups in total. The van der Waals surface area contributed by atoms with Crippen LogP contribution >= 0.6 is 0 Å². The highest BCUT2D eigenvalue weighted by Gasteiger charge is 2.65. The Hall–Kier alpha value is -1.14. The Labute approximate surface area is 236 Å². The molecule has 220 valence electrons. The van der Waals surface area contributed by atoms with E-state index >= 15 is 0 Å². The minimum atomic E-state index is -0.112. The van der Waals surface area contributed by atoms with Crippen LogP contribution in [0.15, 0.2) is 0 Å². The van der Waals surface area contributed by atoms with Crippen molar-refractivity contribution in [2.45, 2.75) is 135 Å². The number of esters is 2. The molecule has 0 aromatic rings. The summed E-state index contributed by atoms with van der Waals surface area (Å²) in [4.78, 5) is 29.9. The Bertz CT molecular complexity index is 913. The molecule has 6 nitrogen and oxygen atoms in total. The minimum absolute atomic E-state index is 0.0328. The Kier molecular flexibility index (Phi) is 7.85. The Morgan fingerprint density at radius 3 is 1.92 bits per heavy atom. The number of hydrogen-bond donors (Lipinski definition) is 0. The van der Waals surface area contributed by atoms with Gasteiger partial charge in [-0.15, -0.1) is 0 Å². The van der Waals surface area contributed by atoms with Crippen LogP contribution in [0, 0.1) is 34.5 Å². The molecule has 6 rings (SSSR count). The molecular formula is C33H54N2O4. The zero-order valence-corrected chi connectivity index (χ0v) is 25.2. The monoisotopic (exact) mass is 542 g/mol. The van der Waals surface area contributed by atoms with Gasteiger partial charge in [0.25, 0.3) is 0 Å². The molecule has 0 aromatic carbocycles. The molecule has 4 aliphatic carbocycles. The molecule has 6 aliphatic rings. The van der Waals surface area contributed by atoms with Gasteiger partial charge in [0.2, 0.25) is 0 Å². The Balaban J connectivity index is 1.27. The number of ether oxygens (including phenoxy) is 2. The van der Waals surface area contributed by atoms with Gasteiger partial charge in [0.15, 0.2) is 0 Å². The second-order valence-electron chi connectivity index (χ2n) is 14.9. The van der Waals surface area contributed by atoms with E-state index < -0.39 is 0 Å². The van der Waals surface area contributed by atoms with Crippen LogP contribution in [-0.4, -0.2) is 72.2 Å². The number of carbonyl (C=O) groups is 2. The summed E-state index contributed by atoms with van der Waals surface area (Å²) in [6.07, 6.45) is 16.2. The van der Waals surface area contributed by atoms with Crippen LogP contribution in [0.4, 0.5) is 0 Å². The summed E-state index contributed by atoms with van der Waals surface area (Å²) in [6.45, 7) is 12.9. The van der Waals surface area contributed by atoms with E-state index in [0.29, 0.717) is 35.3 Å². The van der Waals surface area contributed by atoms with Crippen LogP contribution in [-0.2, 0) is 19.1 Å². The van der Waals surface area contributed by atoms with Gasteiger partial charge in [-0.2, -0.15) is 0 Å². The second-order valence-corrected chi connectivity index (χ2v) is 14.9. The molecule has 0 unspecified atom stereocenters. The van der Waals surface area contributed by atoms with Crippen LogP contribution in [0.25, 0.3) is 0 Å². The van der Waals surface area contributed by atoms with Crippen LogP contribution in [0.2, 0.25) is 0 Å². The van der Waals surface area contributed by atoms with E-state index in [4.69, 9.17) is 9.47 Å². The molecule has 2 aliphatic heterocycles. The molecule has 39 heavy (non-hydrogen) atoms. The van der Waals surface area contributed by atoms with E-state index in [2.05, 4.69) is 23.6 Å². The third kappa shape index (κ3) is 4.98. The third-order valence-corrected chi connectivity index (χ3v) is 12.9. The highest BCUT2D eigenvalue weighted by molar-refractivity contribution is 5.66. The quantitative estimate of drug-likeness (QED) is 0.417. The first-order valence-corrected chi connectivity index (χ1v) is 16.5. The molecule has 0 spiro atoms. The van der Waals surface area contributed by atoms with Crippen LogP contribution in [0.5, 0.6) is 0 Å². The summed E-state index contributed by atoms with van der Waals surface area (Å²) in [7, 11) is 0. The smallest absolute Gasteiger partial charge is 0.302 e. The van der Waals surface area contributed by atoms with Crippen LogP contribution in [0.1, 0.15) is 111 Å². The van der Waals surface area contributed by atoms with Gasteiger partial charge in [0.05, 0.1) is 0 Å². The van der Waals surface area contributed by atoms with Crippen molar-refractivity contribution in [1.82, 2.24) is 9.80 Å². The first-order valence-electron chi connectivity index (χ1n) is 16.5. The third-order valence-electron chi connectivity index (χ3n) is 12.9. The van der Waals surface area contributed by atoms with E-state index in [0.717, 1.165) is 38.5 Å². The summed E-state index contributed by atoms with van der Waals surface area (Å²) >= 11 is 0. The number of nitrogens with zero attached hydrogens (tertiary/aromatic N) is 2. The van der Waals surface area contributed by atoms with Crippen molar-refractivity contribution >= 4 is 11.9 Å². The molecule has 4 saturated carbocycles. The molecule has 0 radical (unpaired) electrons. The van der Waals surface area contributed by atoms with Crippen LogP contribution in [0.3, 0.4) is 0 Å². The fraction of sp³-hybridized carbons (Fsp3) is 0.939. The van der Waals surface area contributed by atoms with Crippen molar-refractivity contribution in [2.75, 3.05) is 26.2 Å². The van der Waals surface area contributed by atoms with Crippen molar-refractivity contribution in [1.29, 1.82) is 0 Å². The SMILES string of the molecule is CC(=O)O[C@H]1C[C@@H]2CC[C@@H]3[C@H](CC[C@@]4(C)[C@H]3C[C@H](N3CCCCC3)[C@@H]4OC(C)=O)[C@@]2(C)C[C@@H]1N1CCCCC1. The zero-order chi connectivity index (χ0) is 27.4. The lowest BCUT2D eigenvalue weighted by Crippen LogP contribution is -2.61. The molecule has 0 aromatic heterocycles. The summed E-state index contributed by atoms with van der Waals surface area (Å²) in [5.74, 6) is 2.49. The largest absolute Gasteiger partial charge is 0.461 e. The molecule has 6 fully saturated rings. The molecule has 6 heteroatoms. The lowest BCUT2D eigenvalue weighted by Gasteiger charge is -2.62. The van der Waals surface area contributed by atoms with Gasteiger partial charge in [-0.3, -0.25) is 19.4 Å². The first-order chi connectivity index (χ1) is 18.7. The highest BCUT2D eigenvalue weighted by Crippen LogP contribution is 2.67. The van der Waals surface area contributed by atoms with Gasteiger partial charge in [0, 0.05) is 31.3 Å². The van der Waals surface area contributed by atoms with Gasteiger partial charge in [-0.25, -0.2) is 0 Å². The van der Waals surface area contributed by atoms with Crippen molar-refractivity contribution < 1.29 is 19.1 Å².